The Morgan fingerprint density at radius 3 is 2.45 bits per heavy atom. The molecule has 0 radical (unpaired) electrons. The summed E-state index contributed by atoms with van der Waals surface area (Å²) in [5.74, 6) is 1.96. The monoisotopic (exact) mass is 298 g/mol. The summed E-state index contributed by atoms with van der Waals surface area (Å²) in [4.78, 5) is 5.87. The van der Waals surface area contributed by atoms with E-state index in [0.29, 0.717) is 17.5 Å². The zero-order valence-electron chi connectivity index (χ0n) is 13.1. The van der Waals surface area contributed by atoms with Gasteiger partial charge in [0, 0.05) is 11.5 Å². The van der Waals surface area contributed by atoms with E-state index in [1.54, 1.807) is 0 Å². The van der Waals surface area contributed by atoms with Crippen molar-refractivity contribution in [3.05, 3.63) is 41.5 Å². The molecule has 0 aliphatic heterocycles. The van der Waals surface area contributed by atoms with Crippen molar-refractivity contribution in [2.24, 2.45) is 0 Å². The topological polar surface area (TPSA) is 82.5 Å². The van der Waals surface area contributed by atoms with Crippen LogP contribution in [-0.4, -0.2) is 30.3 Å². The van der Waals surface area contributed by atoms with Crippen molar-refractivity contribution in [2.45, 2.75) is 39.7 Å². The van der Waals surface area contributed by atoms with E-state index in [9.17, 15) is 0 Å². The van der Waals surface area contributed by atoms with Gasteiger partial charge in [0.15, 0.2) is 5.82 Å². The van der Waals surface area contributed by atoms with Gasteiger partial charge in [-0.05, 0) is 19.1 Å². The molecule has 2 aromatic heterocycles. The van der Waals surface area contributed by atoms with Crippen LogP contribution >= 0.6 is 0 Å². The minimum absolute atomic E-state index is 0.219. The van der Waals surface area contributed by atoms with Gasteiger partial charge in [-0.15, -0.1) is 10.2 Å². The van der Waals surface area contributed by atoms with Crippen molar-refractivity contribution in [3.8, 4) is 11.4 Å². The summed E-state index contributed by atoms with van der Waals surface area (Å²) < 4.78 is 5.28. The first-order valence-electron chi connectivity index (χ1n) is 7.24. The maximum Gasteiger partial charge on any atom is 0.253 e. The Bertz CT molecular complexity index is 758. The van der Waals surface area contributed by atoms with E-state index in [1.807, 2.05) is 52.0 Å². The number of rotatable bonds is 4. The van der Waals surface area contributed by atoms with E-state index in [-0.39, 0.29) is 12.0 Å². The van der Waals surface area contributed by atoms with Crippen LogP contribution in [0.5, 0.6) is 0 Å². The number of aromatic nitrogens is 6. The van der Waals surface area contributed by atoms with Gasteiger partial charge in [-0.2, -0.15) is 9.78 Å². The molecule has 7 heteroatoms. The van der Waals surface area contributed by atoms with Crippen molar-refractivity contribution in [1.82, 2.24) is 30.3 Å². The number of benzene rings is 1. The van der Waals surface area contributed by atoms with Gasteiger partial charge in [0.25, 0.3) is 5.89 Å². The van der Waals surface area contributed by atoms with Crippen molar-refractivity contribution < 1.29 is 4.52 Å². The highest BCUT2D eigenvalue weighted by Crippen LogP contribution is 2.19. The summed E-state index contributed by atoms with van der Waals surface area (Å²) in [6, 6.07) is 7.74. The molecule has 3 aromatic rings. The summed E-state index contributed by atoms with van der Waals surface area (Å²) >= 11 is 0. The zero-order chi connectivity index (χ0) is 15.7. The number of tetrazole rings is 1. The molecule has 0 amide bonds. The molecule has 0 bridgehead atoms. The molecule has 1 atom stereocenters. The van der Waals surface area contributed by atoms with Crippen molar-refractivity contribution >= 4 is 0 Å². The molecule has 0 saturated carbocycles. The van der Waals surface area contributed by atoms with Crippen LogP contribution in [0.1, 0.15) is 50.0 Å². The lowest BCUT2D eigenvalue weighted by Crippen LogP contribution is -2.11. The van der Waals surface area contributed by atoms with Crippen molar-refractivity contribution in [2.75, 3.05) is 0 Å². The lowest BCUT2D eigenvalue weighted by molar-refractivity contribution is 0.317. The third-order valence-electron chi connectivity index (χ3n) is 3.42. The molecule has 2 heterocycles. The first kappa shape index (κ1) is 14.4. The first-order valence-corrected chi connectivity index (χ1v) is 7.24. The highest BCUT2D eigenvalue weighted by molar-refractivity contribution is 5.54. The molecule has 114 valence electrons. The Kier molecular flexibility index (Phi) is 3.70. The van der Waals surface area contributed by atoms with Crippen LogP contribution in [0.15, 0.2) is 28.8 Å². The summed E-state index contributed by atoms with van der Waals surface area (Å²) in [7, 11) is 0. The van der Waals surface area contributed by atoms with Gasteiger partial charge in [0.2, 0.25) is 5.82 Å². The molecule has 0 spiro atoms. The fourth-order valence-corrected chi connectivity index (χ4v) is 1.96. The summed E-state index contributed by atoms with van der Waals surface area (Å²) in [6.45, 7) is 7.97. The van der Waals surface area contributed by atoms with Crippen LogP contribution < -0.4 is 0 Å². The van der Waals surface area contributed by atoms with E-state index in [0.717, 1.165) is 5.56 Å². The number of nitrogens with zero attached hydrogens (tertiary/aromatic N) is 6. The van der Waals surface area contributed by atoms with Crippen LogP contribution in [0.4, 0.5) is 0 Å². The van der Waals surface area contributed by atoms with Gasteiger partial charge in [-0.1, -0.05) is 48.8 Å². The molecule has 3 rings (SSSR count). The Labute approximate surface area is 128 Å². The van der Waals surface area contributed by atoms with E-state index in [1.165, 1.54) is 10.4 Å². The summed E-state index contributed by atoms with van der Waals surface area (Å²) in [6.07, 6.45) is 0. The van der Waals surface area contributed by atoms with Crippen LogP contribution in [0.2, 0.25) is 0 Å². The molecule has 7 nitrogen and oxygen atoms in total. The maximum atomic E-state index is 5.28. The minimum atomic E-state index is -0.258. The van der Waals surface area contributed by atoms with Crippen LogP contribution in [0.25, 0.3) is 11.4 Å². The smallest absolute Gasteiger partial charge is 0.253 e. The highest BCUT2D eigenvalue weighted by Gasteiger charge is 2.20. The third kappa shape index (κ3) is 2.74. The van der Waals surface area contributed by atoms with Gasteiger partial charge >= 0.3 is 0 Å². The fourth-order valence-electron chi connectivity index (χ4n) is 1.96. The first-order chi connectivity index (χ1) is 10.5. The van der Waals surface area contributed by atoms with Gasteiger partial charge in [-0.25, -0.2) is 0 Å². The number of aryl methyl sites for hydroxylation is 1. The van der Waals surface area contributed by atoms with Crippen LogP contribution in [-0.2, 0) is 0 Å². The average Bonchev–Trinajstić information content (AvgIpc) is 3.17. The quantitative estimate of drug-likeness (QED) is 0.736. The Balaban J connectivity index is 1.84. The molecule has 0 fully saturated rings. The molecule has 0 aliphatic rings. The van der Waals surface area contributed by atoms with Gasteiger partial charge in [0.05, 0.1) is 0 Å². The third-order valence-corrected chi connectivity index (χ3v) is 3.42. The molecule has 0 N–H and O–H groups in total. The summed E-state index contributed by atoms with van der Waals surface area (Å²) in [5.41, 5.74) is 2.12. The second kappa shape index (κ2) is 5.67. The van der Waals surface area contributed by atoms with Crippen molar-refractivity contribution in [1.29, 1.82) is 0 Å². The van der Waals surface area contributed by atoms with E-state index >= 15 is 0 Å². The van der Waals surface area contributed by atoms with Gasteiger partial charge in [-0.3, -0.25) is 0 Å². The van der Waals surface area contributed by atoms with Crippen LogP contribution in [0.3, 0.4) is 0 Å². The molecule has 22 heavy (non-hydrogen) atoms. The molecular weight excluding hydrogens is 280 g/mol. The molecular formula is C15H18N6O. The Morgan fingerprint density at radius 2 is 1.82 bits per heavy atom. The van der Waals surface area contributed by atoms with Gasteiger partial charge < -0.3 is 4.52 Å². The standard InChI is InChI=1S/C15H18N6O/c1-9(2)13-16-15(22-19-13)11(4)21-18-14(17-20-21)12-7-5-10(3)6-8-12/h5-9,11H,1-4H3/t11-/m1/s1. The lowest BCUT2D eigenvalue weighted by Gasteiger charge is -2.03. The zero-order valence-corrected chi connectivity index (χ0v) is 13.1. The highest BCUT2D eigenvalue weighted by atomic mass is 16.5. The van der Waals surface area contributed by atoms with Crippen molar-refractivity contribution in [3.63, 3.8) is 0 Å². The molecule has 0 unspecified atom stereocenters. The predicted octanol–water partition coefficient (Wildman–Crippen LogP) is 2.76. The lowest BCUT2D eigenvalue weighted by atomic mass is 10.1. The normalized spacial score (nSPS) is 12.8. The summed E-state index contributed by atoms with van der Waals surface area (Å²) in [5, 5.41) is 16.6. The Hall–Kier alpha value is -2.57. The van der Waals surface area contributed by atoms with E-state index in [2.05, 4.69) is 25.6 Å². The van der Waals surface area contributed by atoms with Gasteiger partial charge in [0.1, 0.15) is 6.04 Å². The predicted molar refractivity (Wildman–Crippen MR) is 80.2 cm³/mol. The second-order valence-corrected chi connectivity index (χ2v) is 5.62. The Morgan fingerprint density at radius 1 is 1.09 bits per heavy atom. The maximum absolute atomic E-state index is 5.28. The average molecular weight is 298 g/mol. The minimum Gasteiger partial charge on any atom is -0.337 e. The number of hydrogen-bond donors (Lipinski definition) is 0. The van der Waals surface area contributed by atoms with Crippen LogP contribution in [0, 0.1) is 6.92 Å². The number of hydrogen-bond acceptors (Lipinski definition) is 6. The largest absolute Gasteiger partial charge is 0.337 e. The second-order valence-electron chi connectivity index (χ2n) is 5.62. The molecule has 0 aliphatic carbocycles. The molecule has 0 saturated heterocycles. The SMILES string of the molecule is Cc1ccc(-c2nnn([C@H](C)c3nc(C(C)C)no3)n2)cc1. The van der Waals surface area contributed by atoms with E-state index < -0.39 is 0 Å². The van der Waals surface area contributed by atoms with E-state index in [4.69, 9.17) is 4.52 Å². The fraction of sp³-hybridized carbons (Fsp3) is 0.400. The molecule has 1 aromatic carbocycles.